The number of nitrogens with zero attached hydrogens (tertiary/aromatic N) is 1. The summed E-state index contributed by atoms with van der Waals surface area (Å²) in [6.45, 7) is 4.24. The van der Waals surface area contributed by atoms with E-state index in [1.807, 2.05) is 13.8 Å². The van der Waals surface area contributed by atoms with Crippen LogP contribution >= 0.6 is 0 Å². The quantitative estimate of drug-likeness (QED) is 0.416. The van der Waals surface area contributed by atoms with Gasteiger partial charge in [0.05, 0.1) is 31.9 Å². The highest BCUT2D eigenvalue weighted by molar-refractivity contribution is 6.01. The number of ether oxygens (including phenoxy) is 3. The molecule has 1 fully saturated rings. The Morgan fingerprint density at radius 3 is 2.33 bits per heavy atom. The zero-order chi connectivity index (χ0) is 23.8. The first-order chi connectivity index (χ1) is 15.9. The van der Waals surface area contributed by atoms with E-state index in [1.54, 1.807) is 30.3 Å². The Hall–Kier alpha value is -4.08. The maximum absolute atomic E-state index is 12.2. The fourth-order valence-electron chi connectivity index (χ4n) is 3.08. The predicted molar refractivity (Wildman–Crippen MR) is 118 cm³/mol. The third-order valence-electron chi connectivity index (χ3n) is 4.63. The van der Waals surface area contributed by atoms with Crippen molar-refractivity contribution < 1.29 is 33.4 Å². The summed E-state index contributed by atoms with van der Waals surface area (Å²) in [5.74, 6) is -0.418. The largest absolute Gasteiger partial charge is 0.490 e. The first-order valence-corrected chi connectivity index (χ1v) is 10.4. The first-order valence-electron chi connectivity index (χ1n) is 10.4. The lowest BCUT2D eigenvalue weighted by Crippen LogP contribution is -2.30. The molecule has 4 amide bonds. The molecule has 2 aromatic carbocycles. The average Bonchev–Trinajstić information content (AvgIpc) is 3.12. The van der Waals surface area contributed by atoms with Crippen molar-refractivity contribution in [3.05, 3.63) is 53.6 Å². The number of nitrogens with one attached hydrogen (secondary N) is 2. The van der Waals surface area contributed by atoms with Gasteiger partial charge in [-0.1, -0.05) is 12.1 Å². The molecule has 3 rings (SSSR count). The lowest BCUT2D eigenvalue weighted by Gasteiger charge is -2.13. The number of carbonyl (C=O) groups excluding carboxylic acids is 4. The number of rotatable bonds is 10. The molecule has 33 heavy (non-hydrogen) atoms. The van der Waals surface area contributed by atoms with Gasteiger partial charge in [0.1, 0.15) is 0 Å². The van der Waals surface area contributed by atoms with Gasteiger partial charge in [-0.15, -0.1) is 0 Å². The Balaban J connectivity index is 1.52. The van der Waals surface area contributed by atoms with Crippen LogP contribution in [0.4, 0.5) is 10.5 Å². The molecule has 0 aliphatic carbocycles. The highest BCUT2D eigenvalue weighted by Crippen LogP contribution is 2.30. The van der Waals surface area contributed by atoms with Crippen molar-refractivity contribution >= 4 is 29.5 Å². The molecule has 10 heteroatoms. The van der Waals surface area contributed by atoms with E-state index in [9.17, 15) is 19.2 Å². The Morgan fingerprint density at radius 2 is 1.70 bits per heavy atom. The molecule has 1 aliphatic heterocycles. The Kier molecular flexibility index (Phi) is 7.85. The number of amides is 4. The van der Waals surface area contributed by atoms with Crippen LogP contribution in [0.15, 0.2) is 42.5 Å². The minimum atomic E-state index is -0.673. The van der Waals surface area contributed by atoms with E-state index in [0.717, 1.165) is 4.90 Å². The molecule has 10 nitrogen and oxygen atoms in total. The van der Waals surface area contributed by atoms with E-state index in [-0.39, 0.29) is 24.6 Å². The van der Waals surface area contributed by atoms with Crippen molar-refractivity contribution in [3.63, 3.8) is 0 Å². The number of urea groups is 1. The van der Waals surface area contributed by atoms with Crippen LogP contribution in [0, 0.1) is 0 Å². The second kappa shape index (κ2) is 11.0. The summed E-state index contributed by atoms with van der Waals surface area (Å²) in [6.07, 6.45) is 0. The summed E-state index contributed by atoms with van der Waals surface area (Å²) in [6, 6.07) is 10.8. The molecule has 0 radical (unpaired) electrons. The van der Waals surface area contributed by atoms with Crippen LogP contribution in [0.25, 0.3) is 0 Å². The summed E-state index contributed by atoms with van der Waals surface area (Å²) in [5.41, 5.74) is 1.39. The molecule has 2 N–H and O–H groups in total. The SMILES string of the molecule is CCOc1ccc(NC(=O)COC(=O)c2ccc(CN3C(=O)CNC3=O)cc2)cc1OCC. The van der Waals surface area contributed by atoms with Gasteiger partial charge in [-0.05, 0) is 43.7 Å². The minimum absolute atomic E-state index is 0.0189. The molecule has 0 aromatic heterocycles. The van der Waals surface area contributed by atoms with Crippen molar-refractivity contribution in [2.45, 2.75) is 20.4 Å². The van der Waals surface area contributed by atoms with Crippen molar-refractivity contribution in [1.82, 2.24) is 10.2 Å². The predicted octanol–water partition coefficient (Wildman–Crippen LogP) is 2.33. The standard InChI is InChI=1S/C23H25N3O7/c1-3-31-18-10-9-17(11-19(18)32-4-2)25-20(27)14-33-22(29)16-7-5-15(6-8-16)13-26-21(28)12-24-23(26)30/h5-11H,3-4,12-14H2,1-2H3,(H,24,30)(H,25,27). The second-order valence-electron chi connectivity index (χ2n) is 6.99. The molecule has 2 aromatic rings. The minimum Gasteiger partial charge on any atom is -0.490 e. The first kappa shape index (κ1) is 23.6. The second-order valence-corrected chi connectivity index (χ2v) is 6.99. The number of imide groups is 1. The maximum atomic E-state index is 12.2. The molecular weight excluding hydrogens is 430 g/mol. The highest BCUT2D eigenvalue weighted by atomic mass is 16.5. The van der Waals surface area contributed by atoms with Crippen molar-refractivity contribution in [1.29, 1.82) is 0 Å². The maximum Gasteiger partial charge on any atom is 0.338 e. The third kappa shape index (κ3) is 6.22. The van der Waals surface area contributed by atoms with Crippen LogP contribution in [0.5, 0.6) is 11.5 Å². The zero-order valence-corrected chi connectivity index (χ0v) is 18.4. The molecule has 1 heterocycles. The number of hydrogen-bond acceptors (Lipinski definition) is 7. The number of carbonyl (C=O) groups is 4. The smallest absolute Gasteiger partial charge is 0.338 e. The van der Waals surface area contributed by atoms with Gasteiger partial charge in [-0.25, -0.2) is 9.59 Å². The Morgan fingerprint density at radius 1 is 1.00 bits per heavy atom. The van der Waals surface area contributed by atoms with E-state index < -0.39 is 24.5 Å². The van der Waals surface area contributed by atoms with Crippen LogP contribution in [-0.4, -0.2) is 55.1 Å². The normalized spacial score (nSPS) is 12.8. The van der Waals surface area contributed by atoms with Crippen LogP contribution in [0.1, 0.15) is 29.8 Å². The van der Waals surface area contributed by atoms with Crippen LogP contribution < -0.4 is 20.1 Å². The molecule has 0 spiro atoms. The van der Waals surface area contributed by atoms with Crippen molar-refractivity contribution in [2.75, 3.05) is 31.7 Å². The Labute approximate surface area is 190 Å². The molecule has 0 bridgehead atoms. The molecule has 0 saturated carbocycles. The number of hydrogen-bond donors (Lipinski definition) is 2. The summed E-state index contributed by atoms with van der Waals surface area (Å²) < 4.78 is 16.1. The summed E-state index contributed by atoms with van der Waals surface area (Å²) in [4.78, 5) is 48.8. The summed E-state index contributed by atoms with van der Waals surface area (Å²) in [7, 11) is 0. The Bertz CT molecular complexity index is 1020. The van der Waals surface area contributed by atoms with Gasteiger partial charge < -0.3 is 24.8 Å². The molecule has 0 unspecified atom stereocenters. The van der Waals surface area contributed by atoms with Gasteiger partial charge in [0.25, 0.3) is 5.91 Å². The van der Waals surface area contributed by atoms with Gasteiger partial charge in [0, 0.05) is 11.8 Å². The molecule has 1 saturated heterocycles. The summed E-state index contributed by atoms with van der Waals surface area (Å²) >= 11 is 0. The number of anilines is 1. The topological polar surface area (TPSA) is 123 Å². The van der Waals surface area contributed by atoms with E-state index in [0.29, 0.717) is 36.0 Å². The van der Waals surface area contributed by atoms with Gasteiger partial charge in [-0.3, -0.25) is 14.5 Å². The third-order valence-corrected chi connectivity index (χ3v) is 4.63. The fourth-order valence-corrected chi connectivity index (χ4v) is 3.08. The van der Waals surface area contributed by atoms with Crippen molar-refractivity contribution in [2.24, 2.45) is 0 Å². The molecular formula is C23H25N3O7. The van der Waals surface area contributed by atoms with Crippen molar-refractivity contribution in [3.8, 4) is 11.5 Å². The van der Waals surface area contributed by atoms with E-state index in [4.69, 9.17) is 14.2 Å². The highest BCUT2D eigenvalue weighted by Gasteiger charge is 2.28. The van der Waals surface area contributed by atoms with Gasteiger partial charge >= 0.3 is 12.0 Å². The van der Waals surface area contributed by atoms with Crippen LogP contribution in [0.2, 0.25) is 0 Å². The fraction of sp³-hybridized carbons (Fsp3) is 0.304. The van der Waals surface area contributed by atoms with E-state index >= 15 is 0 Å². The summed E-state index contributed by atoms with van der Waals surface area (Å²) in [5, 5.41) is 5.09. The lowest BCUT2D eigenvalue weighted by molar-refractivity contribution is -0.125. The molecule has 0 atom stereocenters. The monoisotopic (exact) mass is 455 g/mol. The number of benzene rings is 2. The van der Waals surface area contributed by atoms with Crippen LogP contribution in [-0.2, 0) is 20.9 Å². The zero-order valence-electron chi connectivity index (χ0n) is 18.4. The lowest BCUT2D eigenvalue weighted by atomic mass is 10.1. The van der Waals surface area contributed by atoms with Gasteiger partial charge in [-0.2, -0.15) is 0 Å². The van der Waals surface area contributed by atoms with E-state index in [2.05, 4.69) is 10.6 Å². The molecule has 1 aliphatic rings. The average molecular weight is 455 g/mol. The van der Waals surface area contributed by atoms with E-state index in [1.165, 1.54) is 12.1 Å². The molecule has 174 valence electrons. The van der Waals surface area contributed by atoms with Crippen LogP contribution in [0.3, 0.4) is 0 Å². The van der Waals surface area contributed by atoms with Gasteiger partial charge in [0.2, 0.25) is 5.91 Å². The number of esters is 1. The van der Waals surface area contributed by atoms with Gasteiger partial charge in [0.15, 0.2) is 18.1 Å².